The minimum atomic E-state index is -0.268. The number of amides is 1. The highest BCUT2D eigenvalue weighted by Gasteiger charge is 2.15. The van der Waals surface area contributed by atoms with Crippen LogP contribution in [0.3, 0.4) is 0 Å². The summed E-state index contributed by atoms with van der Waals surface area (Å²) in [4.78, 5) is 18.8. The number of hydrogen-bond donors (Lipinski definition) is 0. The molecule has 26 heavy (non-hydrogen) atoms. The van der Waals surface area contributed by atoms with Gasteiger partial charge in [0, 0.05) is 27.0 Å². The average molecular weight is 405 g/mol. The molecule has 1 heterocycles. The third-order valence-electron chi connectivity index (χ3n) is 4.02. The zero-order chi connectivity index (χ0) is 18.7. The van der Waals surface area contributed by atoms with Crippen molar-refractivity contribution in [3.8, 4) is 11.3 Å². The Balaban J connectivity index is 2.12. The molecule has 0 aliphatic rings. The molecule has 0 N–H and O–H groups in total. The molecule has 6 heteroatoms. The van der Waals surface area contributed by atoms with Crippen LogP contribution >= 0.6 is 34.5 Å². The van der Waals surface area contributed by atoms with Crippen molar-refractivity contribution in [2.24, 2.45) is 4.99 Å². The van der Waals surface area contributed by atoms with Crippen molar-refractivity contribution in [2.75, 3.05) is 0 Å². The number of thiazole rings is 1. The van der Waals surface area contributed by atoms with Gasteiger partial charge in [-0.15, -0.1) is 11.3 Å². The van der Waals surface area contributed by atoms with E-state index in [4.69, 9.17) is 23.2 Å². The number of hydrogen-bond acceptors (Lipinski definition) is 2. The number of aromatic nitrogens is 1. The van der Waals surface area contributed by atoms with Crippen molar-refractivity contribution < 1.29 is 4.79 Å². The highest BCUT2D eigenvalue weighted by molar-refractivity contribution is 7.09. The fourth-order valence-corrected chi connectivity index (χ4v) is 4.14. The van der Waals surface area contributed by atoms with Crippen LogP contribution in [0.25, 0.3) is 11.3 Å². The first-order chi connectivity index (χ1) is 12.5. The second-order valence-corrected chi connectivity index (χ2v) is 7.62. The lowest BCUT2D eigenvalue weighted by atomic mass is 10.1. The summed E-state index contributed by atoms with van der Waals surface area (Å²) in [5.41, 5.74) is 2.70. The van der Waals surface area contributed by atoms with Gasteiger partial charge < -0.3 is 4.57 Å². The first-order valence-corrected chi connectivity index (χ1v) is 9.93. The summed E-state index contributed by atoms with van der Waals surface area (Å²) in [6, 6.07) is 14.5. The number of benzene rings is 2. The Morgan fingerprint density at radius 3 is 2.12 bits per heavy atom. The first-order valence-electron chi connectivity index (χ1n) is 8.36. The van der Waals surface area contributed by atoms with E-state index in [0.717, 1.165) is 24.2 Å². The molecule has 0 saturated carbocycles. The smallest absolute Gasteiger partial charge is 0.279 e. The van der Waals surface area contributed by atoms with E-state index < -0.39 is 0 Å². The van der Waals surface area contributed by atoms with E-state index in [-0.39, 0.29) is 5.91 Å². The molecule has 3 aromatic rings. The van der Waals surface area contributed by atoms with Gasteiger partial charge in [-0.2, -0.15) is 4.99 Å². The number of carbonyl (C=O) groups is 1. The summed E-state index contributed by atoms with van der Waals surface area (Å²) in [6.45, 7) is 4.88. The molecule has 0 atom stereocenters. The SMILES string of the molecule is CCc1sc(=NC(=O)c2ccc(Cl)cc2)n(CC)c1-c1ccc(Cl)cc1. The first kappa shape index (κ1) is 18.9. The van der Waals surface area contributed by atoms with Gasteiger partial charge in [0.05, 0.1) is 5.69 Å². The molecular formula is C20H18Cl2N2OS. The van der Waals surface area contributed by atoms with Gasteiger partial charge in [0.15, 0.2) is 4.80 Å². The highest BCUT2D eigenvalue weighted by atomic mass is 35.5. The lowest BCUT2D eigenvalue weighted by Crippen LogP contribution is -2.17. The van der Waals surface area contributed by atoms with Gasteiger partial charge in [0.25, 0.3) is 5.91 Å². The van der Waals surface area contributed by atoms with Crippen molar-refractivity contribution >= 4 is 40.4 Å². The van der Waals surface area contributed by atoms with Crippen LogP contribution in [0.2, 0.25) is 10.0 Å². The molecule has 0 fully saturated rings. The lowest BCUT2D eigenvalue weighted by Gasteiger charge is -2.08. The van der Waals surface area contributed by atoms with Crippen molar-refractivity contribution in [1.82, 2.24) is 4.57 Å². The zero-order valence-corrected chi connectivity index (χ0v) is 16.8. The number of aryl methyl sites for hydroxylation is 1. The molecule has 0 saturated heterocycles. The monoisotopic (exact) mass is 404 g/mol. The Kier molecular flexibility index (Phi) is 5.97. The normalized spacial score (nSPS) is 11.8. The lowest BCUT2D eigenvalue weighted by molar-refractivity contribution is 0.0998. The van der Waals surface area contributed by atoms with Crippen molar-refractivity contribution in [3.05, 3.63) is 73.8 Å². The van der Waals surface area contributed by atoms with Gasteiger partial charge in [-0.05, 0) is 55.3 Å². The number of carbonyl (C=O) groups excluding carboxylic acids is 1. The maximum absolute atomic E-state index is 12.5. The van der Waals surface area contributed by atoms with Gasteiger partial charge >= 0.3 is 0 Å². The number of nitrogens with zero attached hydrogens (tertiary/aromatic N) is 2. The summed E-state index contributed by atoms with van der Waals surface area (Å²) < 4.78 is 2.08. The topological polar surface area (TPSA) is 34.4 Å². The summed E-state index contributed by atoms with van der Waals surface area (Å²) in [5, 5.41) is 1.30. The molecule has 0 aliphatic heterocycles. The number of rotatable bonds is 4. The molecular weight excluding hydrogens is 387 g/mol. The molecule has 0 unspecified atom stereocenters. The second-order valence-electron chi connectivity index (χ2n) is 5.68. The van der Waals surface area contributed by atoms with Crippen LogP contribution in [0.4, 0.5) is 0 Å². The van der Waals surface area contributed by atoms with E-state index >= 15 is 0 Å². The fraction of sp³-hybridized carbons (Fsp3) is 0.200. The largest absolute Gasteiger partial charge is 0.316 e. The molecule has 0 aliphatic carbocycles. The molecule has 1 amide bonds. The van der Waals surface area contributed by atoms with E-state index in [0.29, 0.717) is 20.4 Å². The Labute approximate surface area is 166 Å². The quantitative estimate of drug-likeness (QED) is 0.536. The van der Waals surface area contributed by atoms with Crippen LogP contribution in [0.1, 0.15) is 29.1 Å². The molecule has 0 spiro atoms. The predicted octanol–water partition coefficient (Wildman–Crippen LogP) is 5.85. The molecule has 1 aromatic heterocycles. The van der Waals surface area contributed by atoms with Crippen molar-refractivity contribution in [3.63, 3.8) is 0 Å². The van der Waals surface area contributed by atoms with Crippen LogP contribution in [-0.4, -0.2) is 10.5 Å². The van der Waals surface area contributed by atoms with E-state index in [1.807, 2.05) is 24.3 Å². The summed E-state index contributed by atoms with van der Waals surface area (Å²) in [5.74, 6) is -0.268. The molecule has 3 nitrogen and oxygen atoms in total. The molecule has 2 aromatic carbocycles. The Morgan fingerprint density at radius 2 is 1.58 bits per heavy atom. The van der Waals surface area contributed by atoms with Gasteiger partial charge in [-0.3, -0.25) is 4.79 Å². The van der Waals surface area contributed by atoms with Crippen LogP contribution in [0.5, 0.6) is 0 Å². The van der Waals surface area contributed by atoms with E-state index in [9.17, 15) is 4.79 Å². The van der Waals surface area contributed by atoms with Gasteiger partial charge in [-0.25, -0.2) is 0 Å². The highest BCUT2D eigenvalue weighted by Crippen LogP contribution is 2.27. The van der Waals surface area contributed by atoms with Gasteiger partial charge in [0.2, 0.25) is 0 Å². The standard InChI is InChI=1S/C20H18Cl2N2OS/c1-3-17-18(13-5-9-15(21)10-6-13)24(4-2)20(26-17)23-19(25)14-7-11-16(22)12-8-14/h5-12H,3-4H2,1-2H3. The Hall–Kier alpha value is -1.88. The van der Waals surface area contributed by atoms with Crippen molar-refractivity contribution in [2.45, 2.75) is 26.8 Å². The maximum atomic E-state index is 12.5. The molecule has 0 radical (unpaired) electrons. The average Bonchev–Trinajstić information content (AvgIpc) is 3.00. The summed E-state index contributed by atoms with van der Waals surface area (Å²) >= 11 is 13.5. The van der Waals surface area contributed by atoms with E-state index in [1.54, 1.807) is 35.6 Å². The maximum Gasteiger partial charge on any atom is 0.279 e. The summed E-state index contributed by atoms with van der Waals surface area (Å²) in [7, 11) is 0. The van der Waals surface area contributed by atoms with E-state index in [2.05, 4.69) is 23.4 Å². The van der Waals surface area contributed by atoms with Gasteiger partial charge in [-0.1, -0.05) is 42.3 Å². The van der Waals surface area contributed by atoms with Crippen molar-refractivity contribution in [1.29, 1.82) is 0 Å². The number of halogens is 2. The van der Waals surface area contributed by atoms with Crippen LogP contribution in [0, 0.1) is 0 Å². The fourth-order valence-electron chi connectivity index (χ4n) is 2.74. The predicted molar refractivity (Wildman–Crippen MR) is 109 cm³/mol. The van der Waals surface area contributed by atoms with Gasteiger partial charge in [0.1, 0.15) is 0 Å². The zero-order valence-electron chi connectivity index (χ0n) is 14.5. The van der Waals surface area contributed by atoms with E-state index in [1.165, 1.54) is 4.88 Å². The molecule has 134 valence electrons. The summed E-state index contributed by atoms with van der Waals surface area (Å²) in [6.07, 6.45) is 0.868. The molecule has 0 bridgehead atoms. The minimum Gasteiger partial charge on any atom is -0.316 e. The van der Waals surface area contributed by atoms with Crippen LogP contribution in [0.15, 0.2) is 53.5 Å². The minimum absolute atomic E-state index is 0.268. The Morgan fingerprint density at radius 1 is 1.00 bits per heavy atom. The molecule has 3 rings (SSSR count). The van der Waals surface area contributed by atoms with Crippen LogP contribution in [-0.2, 0) is 13.0 Å². The van der Waals surface area contributed by atoms with Crippen LogP contribution < -0.4 is 4.80 Å². The second kappa shape index (κ2) is 8.21. The Bertz CT molecular complexity index is 986. The third kappa shape index (κ3) is 3.93. The third-order valence-corrected chi connectivity index (χ3v) is 5.75.